The van der Waals surface area contributed by atoms with Gasteiger partial charge in [-0.1, -0.05) is 18.2 Å². The van der Waals surface area contributed by atoms with E-state index in [1.807, 2.05) is 0 Å². The molecule has 0 unspecified atom stereocenters. The summed E-state index contributed by atoms with van der Waals surface area (Å²) in [4.78, 5) is 22.0. The minimum Gasteiger partial charge on any atom is -0.343 e. The molecule has 0 bridgehead atoms. The molecular weight excluding hydrogens is 464 g/mol. The minimum absolute atomic E-state index is 0.0511. The van der Waals surface area contributed by atoms with E-state index in [4.69, 9.17) is 0 Å². The van der Waals surface area contributed by atoms with E-state index in [1.54, 1.807) is 29.2 Å². The zero-order valence-electron chi connectivity index (χ0n) is 18.6. The van der Waals surface area contributed by atoms with Crippen LogP contribution in [0.25, 0.3) is 22.1 Å². The predicted molar refractivity (Wildman–Crippen MR) is 122 cm³/mol. The monoisotopic (exact) mass is 487 g/mol. The number of piperidine rings is 1. The summed E-state index contributed by atoms with van der Waals surface area (Å²) in [5, 5.41) is 0.425. The van der Waals surface area contributed by atoms with E-state index in [0.717, 1.165) is 10.9 Å². The Morgan fingerprint density at radius 1 is 1.12 bits per heavy atom. The van der Waals surface area contributed by atoms with Crippen LogP contribution >= 0.6 is 0 Å². The number of hydrogen-bond donors (Lipinski definition) is 0. The van der Waals surface area contributed by atoms with Gasteiger partial charge in [-0.15, -0.1) is 0 Å². The fourth-order valence-corrected chi connectivity index (χ4v) is 5.97. The van der Waals surface area contributed by atoms with Gasteiger partial charge in [-0.25, -0.2) is 22.4 Å². The van der Waals surface area contributed by atoms with E-state index < -0.39 is 21.8 Å². The van der Waals surface area contributed by atoms with Crippen molar-refractivity contribution >= 4 is 38.0 Å². The lowest BCUT2D eigenvalue weighted by molar-refractivity contribution is -0.130. The van der Waals surface area contributed by atoms with Gasteiger partial charge in [0.1, 0.15) is 5.52 Å². The van der Waals surface area contributed by atoms with Gasteiger partial charge < -0.3 is 9.47 Å². The number of aromatic nitrogens is 4. The average molecular weight is 488 g/mol. The minimum atomic E-state index is -3.93. The summed E-state index contributed by atoms with van der Waals surface area (Å²) in [5.74, 6) is -3.66. The van der Waals surface area contributed by atoms with Crippen molar-refractivity contribution in [3.05, 3.63) is 54.6 Å². The van der Waals surface area contributed by atoms with Gasteiger partial charge in [-0.05, 0) is 31.0 Å². The molecule has 1 saturated heterocycles. The molecule has 4 aromatic rings. The maximum absolute atomic E-state index is 14.7. The van der Waals surface area contributed by atoms with Crippen molar-refractivity contribution in [1.82, 2.24) is 23.4 Å². The Hall–Kier alpha value is -3.34. The van der Waals surface area contributed by atoms with Crippen LogP contribution in [0, 0.1) is 0 Å². The van der Waals surface area contributed by atoms with E-state index in [0.29, 0.717) is 36.8 Å². The Morgan fingerprint density at radius 3 is 2.41 bits per heavy atom. The Balaban J connectivity index is 1.71. The number of likely N-dealkylation sites (tertiary alicyclic amines) is 1. The molecule has 0 N–H and O–H groups in total. The number of carbonyl (C=O) groups excluding carboxylic acids is 1. The van der Waals surface area contributed by atoms with Gasteiger partial charge in [0.25, 0.3) is 10.0 Å². The molecule has 1 amide bonds. The van der Waals surface area contributed by atoms with Crippen molar-refractivity contribution in [3.63, 3.8) is 0 Å². The molecule has 0 atom stereocenters. The Kier molecular flexibility index (Phi) is 5.19. The number of benzene rings is 1. The smallest absolute Gasteiger partial charge is 0.302 e. The molecule has 3 aromatic heterocycles. The second-order valence-corrected chi connectivity index (χ2v) is 10.4. The second kappa shape index (κ2) is 7.86. The van der Waals surface area contributed by atoms with Gasteiger partial charge in [0.15, 0.2) is 11.5 Å². The summed E-state index contributed by atoms with van der Waals surface area (Å²) >= 11 is 0. The Bertz CT molecular complexity index is 1500. The third kappa shape index (κ3) is 3.54. The summed E-state index contributed by atoms with van der Waals surface area (Å²) < 4.78 is 58.4. The van der Waals surface area contributed by atoms with Gasteiger partial charge in [-0.3, -0.25) is 4.79 Å². The van der Waals surface area contributed by atoms with Crippen LogP contribution in [0.3, 0.4) is 0 Å². The maximum atomic E-state index is 14.7. The summed E-state index contributed by atoms with van der Waals surface area (Å²) in [6.45, 7) is 3.19. The van der Waals surface area contributed by atoms with E-state index in [1.165, 1.54) is 36.0 Å². The molecule has 11 heteroatoms. The standard InChI is InChI=1S/C23H23F2N5O3S/c1-15(31)28-11-8-16(9-12-28)30-20-18-10-13-29(34(32,33)17-6-4-3-5-7-17)21(18)26-14-19(20)27-22(30)23(2,24)25/h3-7,10,13-14,16H,8-9,11-12H2,1-2H3. The Labute approximate surface area is 194 Å². The molecule has 178 valence electrons. The molecule has 1 aromatic carbocycles. The number of amides is 1. The third-order valence-corrected chi connectivity index (χ3v) is 7.98. The highest BCUT2D eigenvalue weighted by Crippen LogP contribution is 2.38. The van der Waals surface area contributed by atoms with Crippen molar-refractivity contribution in [2.24, 2.45) is 0 Å². The molecule has 8 nitrogen and oxygen atoms in total. The van der Waals surface area contributed by atoms with Crippen LogP contribution in [0.2, 0.25) is 0 Å². The molecule has 1 aliphatic heterocycles. The van der Waals surface area contributed by atoms with E-state index in [-0.39, 0.29) is 28.0 Å². The van der Waals surface area contributed by atoms with Crippen LogP contribution in [0.4, 0.5) is 8.78 Å². The van der Waals surface area contributed by atoms with E-state index in [9.17, 15) is 22.0 Å². The largest absolute Gasteiger partial charge is 0.343 e. The number of carbonyl (C=O) groups is 1. The van der Waals surface area contributed by atoms with Crippen molar-refractivity contribution in [1.29, 1.82) is 0 Å². The quantitative estimate of drug-likeness (QED) is 0.435. The number of imidazole rings is 1. The fraction of sp³-hybridized carbons (Fsp3) is 0.348. The van der Waals surface area contributed by atoms with Crippen LogP contribution in [0.15, 0.2) is 53.7 Å². The number of nitrogens with zero attached hydrogens (tertiary/aromatic N) is 5. The van der Waals surface area contributed by atoms with E-state index >= 15 is 0 Å². The highest BCUT2D eigenvalue weighted by atomic mass is 32.2. The number of pyridine rings is 1. The third-order valence-electron chi connectivity index (χ3n) is 6.30. The lowest BCUT2D eigenvalue weighted by Crippen LogP contribution is -2.38. The normalized spacial score (nSPS) is 15.9. The van der Waals surface area contributed by atoms with Gasteiger partial charge in [0, 0.05) is 44.6 Å². The first-order valence-electron chi connectivity index (χ1n) is 10.9. The number of alkyl halides is 2. The first kappa shape index (κ1) is 22.5. The molecule has 0 aliphatic carbocycles. The van der Waals surface area contributed by atoms with Crippen molar-refractivity contribution < 1.29 is 22.0 Å². The zero-order chi connectivity index (χ0) is 24.3. The molecule has 0 spiro atoms. The van der Waals surface area contributed by atoms with E-state index in [2.05, 4.69) is 9.97 Å². The molecular formula is C23H23F2N5O3S. The molecule has 4 heterocycles. The van der Waals surface area contributed by atoms with Gasteiger partial charge in [0.2, 0.25) is 5.91 Å². The molecule has 1 aliphatic rings. The fourth-order valence-electron chi connectivity index (χ4n) is 4.65. The maximum Gasteiger partial charge on any atom is 0.302 e. The Morgan fingerprint density at radius 2 is 1.79 bits per heavy atom. The van der Waals surface area contributed by atoms with Crippen LogP contribution in [-0.2, 0) is 20.7 Å². The van der Waals surface area contributed by atoms with Crippen molar-refractivity contribution in [2.75, 3.05) is 13.1 Å². The molecule has 5 rings (SSSR count). The number of halogens is 2. The zero-order valence-corrected chi connectivity index (χ0v) is 19.5. The lowest BCUT2D eigenvalue weighted by atomic mass is 10.0. The summed E-state index contributed by atoms with van der Waals surface area (Å²) in [5.41, 5.74) is 0.835. The predicted octanol–water partition coefficient (Wildman–Crippen LogP) is 3.92. The van der Waals surface area contributed by atoms with Crippen LogP contribution in [-0.4, -0.2) is 50.8 Å². The molecule has 0 saturated carbocycles. The number of rotatable bonds is 4. The highest BCUT2D eigenvalue weighted by Gasteiger charge is 2.36. The molecule has 34 heavy (non-hydrogen) atoms. The summed E-state index contributed by atoms with van der Waals surface area (Å²) in [6, 6.07) is 9.21. The summed E-state index contributed by atoms with van der Waals surface area (Å²) in [7, 11) is -3.93. The van der Waals surface area contributed by atoms with Gasteiger partial charge >= 0.3 is 5.92 Å². The number of fused-ring (bicyclic) bond motifs is 3. The van der Waals surface area contributed by atoms with Gasteiger partial charge in [0.05, 0.1) is 16.6 Å². The van der Waals surface area contributed by atoms with Crippen LogP contribution in [0.5, 0.6) is 0 Å². The van der Waals surface area contributed by atoms with Crippen LogP contribution < -0.4 is 0 Å². The number of hydrogen-bond acceptors (Lipinski definition) is 5. The van der Waals surface area contributed by atoms with Crippen LogP contribution in [0.1, 0.15) is 38.6 Å². The first-order chi connectivity index (χ1) is 16.1. The van der Waals surface area contributed by atoms with Crippen molar-refractivity contribution in [2.45, 2.75) is 43.5 Å². The first-order valence-corrected chi connectivity index (χ1v) is 12.4. The highest BCUT2D eigenvalue weighted by molar-refractivity contribution is 7.90. The topological polar surface area (TPSA) is 90.1 Å². The average Bonchev–Trinajstić information content (AvgIpc) is 3.41. The van der Waals surface area contributed by atoms with Crippen molar-refractivity contribution in [3.8, 4) is 0 Å². The SMILES string of the molecule is CC(=O)N1CCC(n2c(C(C)(F)F)nc3cnc4c(ccn4S(=O)(=O)c4ccccc4)c32)CC1. The second-order valence-electron chi connectivity index (χ2n) is 8.59. The molecule has 0 radical (unpaired) electrons. The summed E-state index contributed by atoms with van der Waals surface area (Å²) in [6.07, 6.45) is 3.70. The van der Waals surface area contributed by atoms with Gasteiger partial charge in [-0.2, -0.15) is 8.78 Å². The lowest BCUT2D eigenvalue weighted by Gasteiger charge is -2.33. The molecule has 1 fully saturated rings.